The number of nitrogens with zero attached hydrogens (tertiary/aromatic N) is 2. The maximum Gasteiger partial charge on any atom is 0.242 e. The first-order chi connectivity index (χ1) is 16.4. The van der Waals surface area contributed by atoms with E-state index < -0.39 is 16.1 Å². The summed E-state index contributed by atoms with van der Waals surface area (Å²) in [4.78, 5) is 27.3. The summed E-state index contributed by atoms with van der Waals surface area (Å²) in [5, 5.41) is 4.16. The van der Waals surface area contributed by atoms with E-state index in [4.69, 9.17) is 34.8 Å². The molecule has 0 heterocycles. The monoisotopic (exact) mass is 561 g/mol. The van der Waals surface area contributed by atoms with Crippen LogP contribution in [0.5, 0.6) is 0 Å². The molecule has 7 nitrogen and oxygen atoms in total. The van der Waals surface area contributed by atoms with Gasteiger partial charge in [0.05, 0.1) is 11.9 Å². The first kappa shape index (κ1) is 29.2. The summed E-state index contributed by atoms with van der Waals surface area (Å²) in [6, 6.07) is 10.7. The number of halogens is 3. The van der Waals surface area contributed by atoms with E-state index in [1.807, 2.05) is 6.92 Å². The van der Waals surface area contributed by atoms with E-state index >= 15 is 0 Å². The highest BCUT2D eigenvalue weighted by Gasteiger charge is 2.27. The normalized spacial score (nSPS) is 12.2. The molecule has 0 saturated carbocycles. The van der Waals surface area contributed by atoms with Gasteiger partial charge in [0.15, 0.2) is 0 Å². The van der Waals surface area contributed by atoms with Gasteiger partial charge in [-0.2, -0.15) is 0 Å². The van der Waals surface area contributed by atoms with Crippen molar-refractivity contribution < 1.29 is 18.0 Å². The van der Waals surface area contributed by atoms with E-state index in [0.717, 1.165) is 12.7 Å². The van der Waals surface area contributed by atoms with Crippen molar-refractivity contribution in [2.24, 2.45) is 0 Å². The van der Waals surface area contributed by atoms with Gasteiger partial charge in [-0.05, 0) is 61.7 Å². The molecule has 0 aliphatic carbocycles. The van der Waals surface area contributed by atoms with Gasteiger partial charge in [-0.1, -0.05) is 47.8 Å². The predicted molar refractivity (Wildman–Crippen MR) is 143 cm³/mol. The third-order valence-electron chi connectivity index (χ3n) is 5.34. The SMILES string of the molecule is CCCNC(=O)[C@@H](C)N(Cc1ccc(Cl)cc1Cl)C(=O)CCCN(c1ccc(Cl)cc1)S(C)(=O)=O. The number of carbonyl (C=O) groups excluding carboxylic acids is 2. The van der Waals surface area contributed by atoms with E-state index in [2.05, 4.69) is 5.32 Å². The van der Waals surface area contributed by atoms with Crippen LogP contribution in [0, 0.1) is 0 Å². The summed E-state index contributed by atoms with van der Waals surface area (Å²) in [7, 11) is -3.58. The Morgan fingerprint density at radius 1 is 1.03 bits per heavy atom. The molecule has 0 aliphatic rings. The van der Waals surface area contributed by atoms with Crippen molar-refractivity contribution in [3.8, 4) is 0 Å². The third-order valence-corrected chi connectivity index (χ3v) is 7.37. The molecule has 0 unspecified atom stereocenters. The number of amides is 2. The average molecular weight is 563 g/mol. The van der Waals surface area contributed by atoms with Gasteiger partial charge in [-0.25, -0.2) is 8.42 Å². The number of nitrogens with one attached hydrogen (secondary N) is 1. The molecule has 11 heteroatoms. The van der Waals surface area contributed by atoms with Crippen molar-refractivity contribution in [2.45, 2.75) is 45.7 Å². The van der Waals surface area contributed by atoms with Crippen LogP contribution in [0.1, 0.15) is 38.7 Å². The fraction of sp³-hybridized carbons (Fsp3) is 0.417. The van der Waals surface area contributed by atoms with Crippen molar-refractivity contribution in [2.75, 3.05) is 23.7 Å². The zero-order valence-corrected chi connectivity index (χ0v) is 23.0. The van der Waals surface area contributed by atoms with Gasteiger partial charge in [0.2, 0.25) is 21.8 Å². The lowest BCUT2D eigenvalue weighted by molar-refractivity contribution is -0.140. The molecule has 0 spiro atoms. The molecular weight excluding hydrogens is 533 g/mol. The highest BCUT2D eigenvalue weighted by molar-refractivity contribution is 7.92. The summed E-state index contributed by atoms with van der Waals surface area (Å²) in [6.07, 6.45) is 2.17. The summed E-state index contributed by atoms with van der Waals surface area (Å²) in [5.41, 5.74) is 1.11. The molecule has 2 aromatic rings. The molecule has 0 radical (unpaired) electrons. The molecular formula is C24H30Cl3N3O4S. The van der Waals surface area contributed by atoms with Crippen LogP contribution in [0.4, 0.5) is 5.69 Å². The van der Waals surface area contributed by atoms with Gasteiger partial charge < -0.3 is 10.2 Å². The molecule has 1 atom stereocenters. The molecule has 0 aromatic heterocycles. The van der Waals surface area contributed by atoms with Gasteiger partial charge in [0.1, 0.15) is 6.04 Å². The van der Waals surface area contributed by atoms with E-state index in [9.17, 15) is 18.0 Å². The molecule has 35 heavy (non-hydrogen) atoms. The first-order valence-electron chi connectivity index (χ1n) is 11.2. The van der Waals surface area contributed by atoms with E-state index in [1.165, 1.54) is 9.21 Å². The maximum atomic E-state index is 13.2. The van der Waals surface area contributed by atoms with Gasteiger partial charge in [0, 0.05) is 41.1 Å². The van der Waals surface area contributed by atoms with Crippen molar-refractivity contribution in [1.29, 1.82) is 0 Å². The standard InChI is InChI=1S/C24H30Cl3N3O4S/c1-4-13-28-24(32)17(2)29(16-18-7-8-20(26)15-22(18)27)23(31)6-5-14-30(35(3,33)34)21-11-9-19(25)10-12-21/h7-12,15,17H,4-6,13-14,16H2,1-3H3,(H,28,32)/t17-/m1/s1. The Kier molecular flexibility index (Phi) is 11.1. The molecule has 2 aromatic carbocycles. The van der Waals surface area contributed by atoms with Crippen molar-refractivity contribution in [1.82, 2.24) is 10.2 Å². The maximum absolute atomic E-state index is 13.2. The predicted octanol–water partition coefficient (Wildman–Crippen LogP) is 5.14. The Hall–Kier alpha value is -2.00. The average Bonchev–Trinajstić information content (AvgIpc) is 2.79. The lowest BCUT2D eigenvalue weighted by Crippen LogP contribution is -2.48. The third kappa shape index (κ3) is 8.86. The number of rotatable bonds is 12. The zero-order valence-electron chi connectivity index (χ0n) is 19.9. The second-order valence-corrected chi connectivity index (χ2v) is 11.3. The van der Waals surface area contributed by atoms with Crippen LogP contribution in [0.25, 0.3) is 0 Å². The zero-order chi connectivity index (χ0) is 26.2. The van der Waals surface area contributed by atoms with Crippen LogP contribution in [0.15, 0.2) is 42.5 Å². The van der Waals surface area contributed by atoms with Crippen molar-refractivity contribution in [3.63, 3.8) is 0 Å². The molecule has 0 saturated heterocycles. The summed E-state index contributed by atoms with van der Waals surface area (Å²) in [5.74, 6) is -0.566. The van der Waals surface area contributed by atoms with E-state index in [0.29, 0.717) is 32.9 Å². The minimum Gasteiger partial charge on any atom is -0.354 e. The number of sulfonamides is 1. The number of anilines is 1. The Balaban J connectivity index is 2.18. The van der Waals surface area contributed by atoms with Crippen LogP contribution in [0.2, 0.25) is 15.1 Å². The van der Waals surface area contributed by atoms with Crippen LogP contribution >= 0.6 is 34.8 Å². The van der Waals surface area contributed by atoms with Crippen molar-refractivity contribution in [3.05, 3.63) is 63.1 Å². The van der Waals surface area contributed by atoms with Gasteiger partial charge in [-0.15, -0.1) is 0 Å². The molecule has 192 valence electrons. The molecule has 2 rings (SSSR count). The Morgan fingerprint density at radius 3 is 2.23 bits per heavy atom. The Labute approximate surface area is 222 Å². The van der Waals surface area contributed by atoms with Crippen LogP contribution < -0.4 is 9.62 Å². The number of hydrogen-bond donors (Lipinski definition) is 1. The molecule has 0 fully saturated rings. The van der Waals surface area contributed by atoms with Gasteiger partial charge >= 0.3 is 0 Å². The number of carbonyl (C=O) groups is 2. The Bertz CT molecular complexity index is 1130. The topological polar surface area (TPSA) is 86.8 Å². The quantitative estimate of drug-likeness (QED) is 0.388. The minimum absolute atomic E-state index is 0.0379. The number of benzene rings is 2. The van der Waals surface area contributed by atoms with Crippen molar-refractivity contribution >= 4 is 62.3 Å². The van der Waals surface area contributed by atoms with E-state index in [-0.39, 0.29) is 37.7 Å². The molecule has 0 aliphatic heterocycles. The summed E-state index contributed by atoms with van der Waals surface area (Å²) < 4.78 is 25.9. The fourth-order valence-corrected chi connectivity index (χ4v) is 4.98. The second-order valence-electron chi connectivity index (χ2n) is 8.14. The Morgan fingerprint density at radius 2 is 1.66 bits per heavy atom. The van der Waals surface area contributed by atoms with Crippen LogP contribution in [-0.4, -0.2) is 50.5 Å². The highest BCUT2D eigenvalue weighted by Crippen LogP contribution is 2.24. The lowest BCUT2D eigenvalue weighted by atomic mass is 10.1. The van der Waals surface area contributed by atoms with E-state index in [1.54, 1.807) is 49.4 Å². The van der Waals surface area contributed by atoms with Crippen LogP contribution in [0.3, 0.4) is 0 Å². The van der Waals surface area contributed by atoms with Gasteiger partial charge in [0.25, 0.3) is 0 Å². The first-order valence-corrected chi connectivity index (χ1v) is 14.2. The molecule has 2 amide bonds. The van der Waals surface area contributed by atoms with Crippen LogP contribution in [-0.2, 0) is 26.2 Å². The number of hydrogen-bond acceptors (Lipinski definition) is 4. The molecule has 1 N–H and O–H groups in total. The fourth-order valence-electron chi connectivity index (χ4n) is 3.42. The largest absolute Gasteiger partial charge is 0.354 e. The summed E-state index contributed by atoms with van der Waals surface area (Å²) in [6.45, 7) is 4.30. The lowest BCUT2D eigenvalue weighted by Gasteiger charge is -2.29. The van der Waals surface area contributed by atoms with Gasteiger partial charge in [-0.3, -0.25) is 13.9 Å². The highest BCUT2D eigenvalue weighted by atomic mass is 35.5. The summed E-state index contributed by atoms with van der Waals surface area (Å²) >= 11 is 18.2. The second kappa shape index (κ2) is 13.3. The molecule has 0 bridgehead atoms. The minimum atomic E-state index is -3.58. The smallest absolute Gasteiger partial charge is 0.242 e.